The third-order valence-corrected chi connectivity index (χ3v) is 4.81. The van der Waals surface area contributed by atoms with Gasteiger partial charge in [-0.05, 0) is 49.8 Å². The van der Waals surface area contributed by atoms with E-state index in [1.807, 2.05) is 25.1 Å². The van der Waals surface area contributed by atoms with Crippen LogP contribution in [0.15, 0.2) is 82.4 Å². The predicted molar refractivity (Wildman–Crippen MR) is 138 cm³/mol. The Hall–Kier alpha value is -3.71. The Morgan fingerprint density at radius 3 is 2.45 bits per heavy atom. The number of anilines is 2. The van der Waals surface area contributed by atoms with Gasteiger partial charge in [-0.25, -0.2) is 4.99 Å². The largest absolute Gasteiger partial charge is 0.355 e. The summed E-state index contributed by atoms with van der Waals surface area (Å²) >= 11 is 6.43. The van der Waals surface area contributed by atoms with Crippen LogP contribution in [0, 0.1) is 0 Å². The van der Waals surface area contributed by atoms with Gasteiger partial charge in [-0.2, -0.15) is 0 Å². The van der Waals surface area contributed by atoms with Crippen molar-refractivity contribution in [2.45, 2.75) is 26.7 Å². The van der Waals surface area contributed by atoms with Crippen LogP contribution in [0.25, 0.3) is 0 Å². The minimum Gasteiger partial charge on any atom is -0.355 e. The Morgan fingerprint density at radius 2 is 1.79 bits per heavy atom. The van der Waals surface area contributed by atoms with Crippen molar-refractivity contribution < 1.29 is 9.59 Å². The van der Waals surface area contributed by atoms with Crippen LogP contribution < -0.4 is 16.0 Å². The van der Waals surface area contributed by atoms with Crippen LogP contribution >= 0.6 is 11.6 Å². The highest BCUT2D eigenvalue weighted by Crippen LogP contribution is 2.21. The molecule has 172 valence electrons. The van der Waals surface area contributed by atoms with Crippen LogP contribution in [0.4, 0.5) is 17.1 Å². The molecule has 2 aromatic carbocycles. The number of halogens is 1. The first-order valence-electron chi connectivity index (χ1n) is 10.5. The topological polar surface area (TPSA) is 94.9 Å². The zero-order valence-electron chi connectivity index (χ0n) is 19.0. The molecule has 0 aliphatic carbocycles. The van der Waals surface area contributed by atoms with Crippen molar-refractivity contribution in [3.05, 3.63) is 78.0 Å². The molecule has 0 aliphatic rings. The molecule has 0 heterocycles. The molecule has 8 heteroatoms. The van der Waals surface area contributed by atoms with E-state index in [9.17, 15) is 9.59 Å². The highest BCUT2D eigenvalue weighted by molar-refractivity contribution is 6.43. The summed E-state index contributed by atoms with van der Waals surface area (Å²) in [5.41, 5.74) is 2.94. The van der Waals surface area contributed by atoms with E-state index in [1.165, 1.54) is 12.3 Å². The lowest BCUT2D eigenvalue weighted by Gasteiger charge is -2.10. The lowest BCUT2D eigenvalue weighted by molar-refractivity contribution is -0.111. The van der Waals surface area contributed by atoms with Crippen LogP contribution in [0.3, 0.4) is 0 Å². The second-order valence-corrected chi connectivity index (χ2v) is 7.40. The molecule has 0 bridgehead atoms. The van der Waals surface area contributed by atoms with Gasteiger partial charge in [0, 0.05) is 31.0 Å². The fraction of sp³-hybridized carbons (Fsp3) is 0.200. The van der Waals surface area contributed by atoms with Gasteiger partial charge in [0.05, 0.1) is 22.0 Å². The molecule has 7 nitrogen and oxygen atoms in total. The molecule has 2 rings (SSSR count). The molecule has 0 saturated carbocycles. The number of allylic oxidation sites excluding steroid dienone is 1. The van der Waals surface area contributed by atoms with Gasteiger partial charge in [0.2, 0.25) is 5.91 Å². The molecular weight excluding hydrogens is 438 g/mol. The molecule has 0 spiro atoms. The van der Waals surface area contributed by atoms with E-state index in [1.54, 1.807) is 44.3 Å². The molecule has 0 unspecified atom stereocenters. The van der Waals surface area contributed by atoms with Crippen molar-refractivity contribution in [3.8, 4) is 0 Å². The van der Waals surface area contributed by atoms with Crippen molar-refractivity contribution in [1.29, 1.82) is 0 Å². The van der Waals surface area contributed by atoms with Crippen molar-refractivity contribution >= 4 is 52.0 Å². The Bertz CT molecular complexity index is 1110. The maximum atomic E-state index is 12.1. The number of nitrogens with zero attached hydrogens (tertiary/aromatic N) is 2. The average molecular weight is 466 g/mol. The average Bonchev–Trinajstić information content (AvgIpc) is 2.82. The maximum absolute atomic E-state index is 12.1. The highest BCUT2D eigenvalue weighted by Gasteiger charge is 2.09. The van der Waals surface area contributed by atoms with Gasteiger partial charge in [0.15, 0.2) is 0 Å². The molecule has 0 radical (unpaired) electrons. The highest BCUT2D eigenvalue weighted by atomic mass is 35.5. The second kappa shape index (κ2) is 13.0. The Morgan fingerprint density at radius 1 is 1.09 bits per heavy atom. The molecule has 0 aromatic heterocycles. The van der Waals surface area contributed by atoms with Crippen LogP contribution in [0.2, 0.25) is 0 Å². The molecule has 0 aliphatic heterocycles. The summed E-state index contributed by atoms with van der Waals surface area (Å²) in [6.45, 7) is 7.26. The first kappa shape index (κ1) is 25.5. The lowest BCUT2D eigenvalue weighted by Crippen LogP contribution is -2.17. The number of nitrogens with one attached hydrogen (secondary N) is 3. The molecule has 33 heavy (non-hydrogen) atoms. The van der Waals surface area contributed by atoms with Crippen LogP contribution in [0.5, 0.6) is 0 Å². The monoisotopic (exact) mass is 465 g/mol. The SMILES string of the molecule is C=CC(=O)Nc1cccc(NC(CCC)=N/C=C(/Cl)C(C)=Nc2ccccc2C(=O)NC)c1. The van der Waals surface area contributed by atoms with Crippen LogP contribution in [-0.4, -0.2) is 30.4 Å². The van der Waals surface area contributed by atoms with Crippen molar-refractivity contribution in [1.82, 2.24) is 5.32 Å². The summed E-state index contributed by atoms with van der Waals surface area (Å²) in [7, 11) is 1.57. The number of carbonyl (C=O) groups is 2. The molecular formula is C25H28ClN5O2. The van der Waals surface area contributed by atoms with Crippen LogP contribution in [0.1, 0.15) is 37.0 Å². The quantitative estimate of drug-likeness (QED) is 0.253. The smallest absolute Gasteiger partial charge is 0.253 e. The number of benzene rings is 2. The number of hydrogen-bond donors (Lipinski definition) is 3. The molecule has 0 fully saturated rings. The minimum absolute atomic E-state index is 0.221. The van der Waals surface area contributed by atoms with Gasteiger partial charge in [-0.15, -0.1) is 0 Å². The number of aliphatic imine (C=N–C) groups is 2. The van der Waals surface area contributed by atoms with Gasteiger partial charge >= 0.3 is 0 Å². The normalized spacial score (nSPS) is 12.2. The van der Waals surface area contributed by atoms with E-state index in [0.717, 1.165) is 12.1 Å². The molecule has 0 saturated heterocycles. The molecule has 2 amide bonds. The van der Waals surface area contributed by atoms with Crippen LogP contribution in [-0.2, 0) is 4.79 Å². The number of carbonyl (C=O) groups excluding carboxylic acids is 2. The summed E-state index contributed by atoms with van der Waals surface area (Å²) in [6, 6.07) is 14.3. The Labute approximate surface area is 199 Å². The fourth-order valence-corrected chi connectivity index (χ4v) is 2.88. The lowest BCUT2D eigenvalue weighted by atomic mass is 10.1. The van der Waals surface area contributed by atoms with Gasteiger partial charge in [-0.1, -0.05) is 43.3 Å². The van der Waals surface area contributed by atoms with E-state index in [2.05, 4.69) is 32.5 Å². The third-order valence-electron chi connectivity index (χ3n) is 4.43. The van der Waals surface area contributed by atoms with Gasteiger partial charge < -0.3 is 16.0 Å². The number of amides is 2. The zero-order valence-corrected chi connectivity index (χ0v) is 19.7. The molecule has 3 N–H and O–H groups in total. The second-order valence-electron chi connectivity index (χ2n) is 7.00. The van der Waals surface area contributed by atoms with E-state index in [-0.39, 0.29) is 11.8 Å². The van der Waals surface area contributed by atoms with Crippen molar-refractivity contribution in [2.24, 2.45) is 9.98 Å². The Balaban J connectivity index is 2.24. The van der Waals surface area contributed by atoms with Crippen molar-refractivity contribution in [2.75, 3.05) is 17.7 Å². The van der Waals surface area contributed by atoms with E-state index in [0.29, 0.717) is 39.9 Å². The first-order valence-corrected chi connectivity index (χ1v) is 10.8. The summed E-state index contributed by atoms with van der Waals surface area (Å²) < 4.78 is 0. The summed E-state index contributed by atoms with van der Waals surface area (Å²) in [4.78, 5) is 32.6. The molecule has 2 aromatic rings. The Kier molecular flexibility index (Phi) is 10.0. The summed E-state index contributed by atoms with van der Waals surface area (Å²) in [5, 5.41) is 8.95. The van der Waals surface area contributed by atoms with Crippen molar-refractivity contribution in [3.63, 3.8) is 0 Å². The predicted octanol–water partition coefficient (Wildman–Crippen LogP) is 5.65. The van der Waals surface area contributed by atoms with Gasteiger partial charge in [-0.3, -0.25) is 14.6 Å². The number of hydrogen-bond acceptors (Lipinski definition) is 4. The number of rotatable bonds is 9. The van der Waals surface area contributed by atoms with Gasteiger partial charge in [0.1, 0.15) is 5.84 Å². The third kappa shape index (κ3) is 8.05. The van der Waals surface area contributed by atoms with E-state index >= 15 is 0 Å². The number of para-hydroxylation sites is 1. The van der Waals surface area contributed by atoms with E-state index < -0.39 is 0 Å². The maximum Gasteiger partial charge on any atom is 0.253 e. The number of amidine groups is 1. The minimum atomic E-state index is -0.280. The summed E-state index contributed by atoms with van der Waals surface area (Å²) in [6.07, 6.45) is 4.31. The zero-order chi connectivity index (χ0) is 24.2. The van der Waals surface area contributed by atoms with Gasteiger partial charge in [0.25, 0.3) is 5.91 Å². The molecule has 0 atom stereocenters. The first-order chi connectivity index (χ1) is 15.9. The summed E-state index contributed by atoms with van der Waals surface area (Å²) in [5.74, 6) is 0.208. The van der Waals surface area contributed by atoms with E-state index in [4.69, 9.17) is 11.6 Å². The fourth-order valence-electron chi connectivity index (χ4n) is 2.79. The standard InChI is InChI=1S/C25H28ClN5O2/c1-5-10-23(30-18-11-9-12-19(15-18)31-24(32)6-2)28-16-21(26)17(3)29-22-14-8-7-13-20(22)25(33)27-4/h6-9,11-16H,2,5,10H2,1,3-4H3,(H,27,33)(H,28,30)(H,31,32)/b21-16+,29-17?.